The fourth-order valence-corrected chi connectivity index (χ4v) is 4.00. The number of alkyl carbamates (subject to hydrolysis) is 1. The largest absolute Gasteiger partial charge is 0.489 e. The number of aromatic nitrogens is 3. The summed E-state index contributed by atoms with van der Waals surface area (Å²) in [4.78, 5) is 16.6. The Labute approximate surface area is 219 Å². The van der Waals surface area contributed by atoms with E-state index in [4.69, 9.17) is 23.9 Å². The van der Waals surface area contributed by atoms with Crippen LogP contribution in [0.25, 0.3) is 11.4 Å². The normalized spacial score (nSPS) is 14.8. The lowest BCUT2D eigenvalue weighted by Gasteiger charge is -2.22. The van der Waals surface area contributed by atoms with E-state index in [2.05, 4.69) is 30.1 Å². The van der Waals surface area contributed by atoms with Crippen molar-refractivity contribution in [3.05, 3.63) is 42.0 Å². The van der Waals surface area contributed by atoms with E-state index in [-0.39, 0.29) is 24.6 Å². The quantitative estimate of drug-likeness (QED) is 0.298. The van der Waals surface area contributed by atoms with Crippen LogP contribution in [0.3, 0.4) is 0 Å². The molecule has 1 aliphatic rings. The summed E-state index contributed by atoms with van der Waals surface area (Å²) in [7, 11) is -1.18. The fraction of sp³-hybridized carbons (Fsp3) is 0.577. The molecule has 0 unspecified atom stereocenters. The van der Waals surface area contributed by atoms with E-state index in [0.29, 0.717) is 44.5 Å². The minimum Gasteiger partial charge on any atom is -0.489 e. The highest BCUT2D eigenvalue weighted by atomic mass is 28.3. The molecule has 3 rings (SSSR count). The van der Waals surface area contributed by atoms with Gasteiger partial charge < -0.3 is 24.3 Å². The summed E-state index contributed by atoms with van der Waals surface area (Å²) < 4.78 is 37.2. The second kappa shape index (κ2) is 12.7. The summed E-state index contributed by atoms with van der Waals surface area (Å²) in [5, 5.41) is 7.21. The van der Waals surface area contributed by atoms with Gasteiger partial charge in [-0.3, -0.25) is 0 Å². The molecule has 0 spiro atoms. The number of carbonyl (C=O) groups is 1. The Morgan fingerprint density at radius 2 is 1.95 bits per heavy atom. The molecule has 204 valence electrons. The zero-order valence-corrected chi connectivity index (χ0v) is 23.7. The molecule has 0 atom stereocenters. The third-order valence-corrected chi connectivity index (χ3v) is 7.16. The third-order valence-electron chi connectivity index (χ3n) is 5.45. The topological polar surface area (TPSA) is 96.7 Å². The Balaban J connectivity index is 1.59. The molecule has 1 saturated heterocycles. The van der Waals surface area contributed by atoms with Crippen LogP contribution < -0.4 is 10.1 Å². The van der Waals surface area contributed by atoms with Crippen molar-refractivity contribution in [1.29, 1.82) is 0 Å². The molecule has 0 bridgehead atoms. The molecule has 1 fully saturated rings. The number of hydrogen-bond acceptors (Lipinski definition) is 7. The Hall–Kier alpha value is -2.76. The molecule has 11 heteroatoms. The Morgan fingerprint density at radius 3 is 2.51 bits per heavy atom. The molecule has 1 aromatic carbocycles. The van der Waals surface area contributed by atoms with Crippen molar-refractivity contribution < 1.29 is 28.1 Å². The highest BCUT2D eigenvalue weighted by Crippen LogP contribution is 2.26. The van der Waals surface area contributed by atoms with Gasteiger partial charge in [0.15, 0.2) is 11.6 Å². The van der Waals surface area contributed by atoms with E-state index < -0.39 is 19.8 Å². The first-order valence-electron chi connectivity index (χ1n) is 12.5. The van der Waals surface area contributed by atoms with Crippen LogP contribution in [-0.4, -0.2) is 67.5 Å². The van der Waals surface area contributed by atoms with Gasteiger partial charge in [-0.25, -0.2) is 18.9 Å². The number of benzene rings is 1. The monoisotopic (exact) mass is 534 g/mol. The maximum absolute atomic E-state index is 13.3. The Morgan fingerprint density at radius 1 is 1.24 bits per heavy atom. The van der Waals surface area contributed by atoms with Crippen LogP contribution in [-0.2, 0) is 20.9 Å². The van der Waals surface area contributed by atoms with E-state index in [1.54, 1.807) is 37.6 Å². The number of nitrogens with one attached hydrogen (secondary N) is 1. The number of halogens is 1. The minimum absolute atomic E-state index is 0.0153. The number of hydrogen-bond donors (Lipinski definition) is 1. The van der Waals surface area contributed by atoms with Crippen LogP contribution >= 0.6 is 0 Å². The number of ether oxygens (including phenoxy) is 4. The van der Waals surface area contributed by atoms with Gasteiger partial charge in [-0.05, 0) is 51.1 Å². The lowest BCUT2D eigenvalue weighted by Crippen LogP contribution is -2.34. The van der Waals surface area contributed by atoms with Gasteiger partial charge in [-0.15, -0.1) is 0 Å². The van der Waals surface area contributed by atoms with Gasteiger partial charge in [0.25, 0.3) is 0 Å². The van der Waals surface area contributed by atoms with Gasteiger partial charge in [0.1, 0.15) is 24.7 Å². The zero-order valence-electron chi connectivity index (χ0n) is 22.7. The summed E-state index contributed by atoms with van der Waals surface area (Å²) in [6.07, 6.45) is -0.181. The molecule has 0 radical (unpaired) electrons. The molecule has 1 N–H and O–H groups in total. The maximum Gasteiger partial charge on any atom is 0.407 e. The number of nitrogens with zero attached hydrogens (tertiary/aromatic N) is 3. The first-order chi connectivity index (χ1) is 17.4. The first-order valence-corrected chi connectivity index (χ1v) is 16.2. The van der Waals surface area contributed by atoms with Crippen molar-refractivity contribution in [2.75, 3.05) is 33.0 Å². The maximum atomic E-state index is 13.3. The van der Waals surface area contributed by atoms with E-state index in [1.807, 2.05) is 12.1 Å². The molecule has 2 aromatic rings. The van der Waals surface area contributed by atoms with Crippen LogP contribution in [0.4, 0.5) is 9.18 Å². The number of carbonyl (C=O) groups excluding carboxylic acids is 1. The number of amides is 1. The summed E-state index contributed by atoms with van der Waals surface area (Å²) >= 11 is 0. The van der Waals surface area contributed by atoms with Crippen molar-refractivity contribution in [3.8, 4) is 17.1 Å². The molecule has 2 heterocycles. The molecule has 1 aliphatic heterocycles. The zero-order chi connectivity index (χ0) is 27.1. The predicted octanol–water partition coefficient (Wildman–Crippen LogP) is 5.13. The lowest BCUT2D eigenvalue weighted by atomic mass is 10.1. The van der Waals surface area contributed by atoms with Crippen molar-refractivity contribution in [3.63, 3.8) is 0 Å². The van der Waals surface area contributed by atoms with E-state index >= 15 is 0 Å². The van der Waals surface area contributed by atoms with Crippen molar-refractivity contribution >= 4 is 14.2 Å². The molecule has 0 saturated carbocycles. The molecule has 1 amide bonds. The third kappa shape index (κ3) is 9.56. The summed E-state index contributed by atoms with van der Waals surface area (Å²) in [6.45, 7) is 14.5. The predicted molar refractivity (Wildman–Crippen MR) is 142 cm³/mol. The fourth-order valence-electron chi connectivity index (χ4n) is 3.25. The van der Waals surface area contributed by atoms with Crippen LogP contribution in [0, 0.1) is 0 Å². The van der Waals surface area contributed by atoms with Crippen LogP contribution in [0.1, 0.15) is 32.5 Å². The summed E-state index contributed by atoms with van der Waals surface area (Å²) in [6, 6.07) is 8.44. The molecule has 1 aromatic heterocycles. The second-order valence-electron chi connectivity index (χ2n) is 11.3. The Bertz CT molecular complexity index is 1060. The highest BCUT2D eigenvalue weighted by molar-refractivity contribution is 6.76. The van der Waals surface area contributed by atoms with E-state index in [0.717, 1.165) is 17.4 Å². The van der Waals surface area contributed by atoms with E-state index in [1.165, 1.54) is 0 Å². The highest BCUT2D eigenvalue weighted by Gasteiger charge is 2.26. The average Bonchev–Trinajstić information content (AvgIpc) is 3.17. The molecule has 37 heavy (non-hydrogen) atoms. The molecular formula is C26H39FN4O5Si. The molecular weight excluding hydrogens is 495 g/mol. The summed E-state index contributed by atoms with van der Waals surface area (Å²) in [5.41, 5.74) is 0.518. The van der Waals surface area contributed by atoms with Crippen molar-refractivity contribution in [2.45, 2.75) is 64.7 Å². The van der Waals surface area contributed by atoms with Crippen LogP contribution in [0.5, 0.6) is 5.75 Å². The smallest absolute Gasteiger partial charge is 0.407 e. The van der Waals surface area contributed by atoms with Gasteiger partial charge in [0, 0.05) is 32.4 Å². The van der Waals surface area contributed by atoms with Crippen LogP contribution in [0.15, 0.2) is 36.2 Å². The second-order valence-corrected chi connectivity index (χ2v) is 16.9. The molecule has 9 nitrogen and oxygen atoms in total. The summed E-state index contributed by atoms with van der Waals surface area (Å²) in [5.74, 6) is 2.23. The SMILES string of the molecule is CC(C)(C)OC(=O)NC/C(=C\F)COc1ccc(-c2nc(C3COC3)nn2COCC[Si](C)(C)C)cc1. The molecule has 0 aliphatic carbocycles. The van der Waals surface area contributed by atoms with Gasteiger partial charge >= 0.3 is 6.09 Å². The van der Waals surface area contributed by atoms with Gasteiger partial charge in [0.2, 0.25) is 0 Å². The average molecular weight is 535 g/mol. The van der Waals surface area contributed by atoms with Crippen molar-refractivity contribution in [2.24, 2.45) is 0 Å². The first kappa shape index (κ1) is 28.8. The van der Waals surface area contributed by atoms with Gasteiger partial charge in [-0.2, -0.15) is 5.10 Å². The minimum atomic E-state index is -1.18. The van der Waals surface area contributed by atoms with Crippen LogP contribution in [0.2, 0.25) is 25.7 Å². The Kier molecular flexibility index (Phi) is 9.85. The van der Waals surface area contributed by atoms with E-state index in [9.17, 15) is 9.18 Å². The van der Waals surface area contributed by atoms with Crippen molar-refractivity contribution in [1.82, 2.24) is 20.1 Å². The lowest BCUT2D eigenvalue weighted by molar-refractivity contribution is 0.00421. The van der Waals surface area contributed by atoms with Gasteiger partial charge in [0.05, 0.1) is 25.5 Å². The standard InChI is InChI=1S/C26H39FN4O5Si/c1-26(2,3)36-25(32)28-14-19(13-27)15-35-22-9-7-20(8-10-22)24-29-23(21-16-34-17-21)30-31(24)18-33-11-12-37(4,5)6/h7-10,13,21H,11-12,14-18H2,1-6H3,(H,28,32)/b19-13+. The number of rotatable bonds is 12. The van der Waals surface area contributed by atoms with Gasteiger partial charge in [-0.1, -0.05) is 19.6 Å².